The van der Waals surface area contributed by atoms with Crippen molar-refractivity contribution in [2.75, 3.05) is 6.61 Å². The Hall–Kier alpha value is -5.28. The van der Waals surface area contributed by atoms with Gasteiger partial charge in [0.25, 0.3) is 0 Å². The highest BCUT2D eigenvalue weighted by Gasteiger charge is 2.54. The topological polar surface area (TPSA) is 108 Å². The summed E-state index contributed by atoms with van der Waals surface area (Å²) in [6.45, 7) is 0.194. The minimum atomic E-state index is -2.12. The van der Waals surface area contributed by atoms with Crippen molar-refractivity contribution >= 4 is 60.4 Å². The maximum Gasteiger partial charge on any atom is 0.388 e. The number of benzene rings is 6. The van der Waals surface area contributed by atoms with Crippen LogP contribution < -0.4 is 13.8 Å². The van der Waals surface area contributed by atoms with E-state index in [0.29, 0.717) is 28.1 Å². The largest absolute Gasteiger partial charge is 0.462 e. The molecule has 55 heavy (non-hydrogen) atoms. The van der Waals surface area contributed by atoms with E-state index in [9.17, 15) is 0 Å². The molecular weight excluding hydrogens is 738 g/mol. The highest BCUT2D eigenvalue weighted by Crippen LogP contribution is 2.43. The Morgan fingerprint density at radius 1 is 0.455 bits per heavy atom. The van der Waals surface area contributed by atoms with Crippen molar-refractivity contribution in [3.05, 3.63) is 163 Å². The van der Waals surface area contributed by atoms with E-state index in [4.69, 9.17) is 44.8 Å². The minimum absolute atomic E-state index is 0.194. The number of hydrogen-bond acceptors (Lipinski definition) is 10. The van der Waals surface area contributed by atoms with E-state index in [0.717, 1.165) is 27.1 Å². The molecule has 6 aromatic carbocycles. The predicted octanol–water partition coefficient (Wildman–Crippen LogP) is 11.1. The average molecular weight is 773 g/mol. The molecule has 2 aliphatic rings. The highest BCUT2D eigenvalue weighted by molar-refractivity contribution is 7.32. The van der Waals surface area contributed by atoms with Gasteiger partial charge >= 0.3 is 16.5 Å². The van der Waals surface area contributed by atoms with Crippen LogP contribution in [0.15, 0.2) is 175 Å². The lowest BCUT2D eigenvalue weighted by atomic mass is 9.98. The van der Waals surface area contributed by atoms with Gasteiger partial charge in [-0.05, 0) is 36.4 Å². The standard InChI is InChI=1S/C43H34O10P2/c1-3-15-28(16-4-1)42-44-27-38-39(47-42)40(52-54-48-34-23-11-7-19-30(34)31-20-8-12-24-35(31)49-54)41(43(46-38)45-29-17-5-2-6-18-29)53-55-50-36-25-13-9-21-32(36)33-22-10-14-26-37(33)51-55/h1-26,38-43H,27H2/t38-,39-,40+,41-,42?,43-/m1/s1. The molecule has 276 valence electrons. The highest BCUT2D eigenvalue weighted by atomic mass is 31.1. The van der Waals surface area contributed by atoms with Crippen LogP contribution in [0.1, 0.15) is 11.9 Å². The van der Waals surface area contributed by atoms with Gasteiger partial charge in [-0.1, -0.05) is 121 Å². The molecule has 10 rings (SSSR count). The Bertz CT molecular complexity index is 2550. The smallest absolute Gasteiger partial charge is 0.388 e. The molecule has 2 saturated heterocycles. The second-order valence-corrected chi connectivity index (χ2v) is 15.1. The van der Waals surface area contributed by atoms with E-state index in [-0.39, 0.29) is 6.61 Å². The van der Waals surface area contributed by atoms with Gasteiger partial charge in [0.2, 0.25) is 6.29 Å². The van der Waals surface area contributed by atoms with Crippen molar-refractivity contribution in [1.82, 2.24) is 0 Å². The summed E-state index contributed by atoms with van der Waals surface area (Å²) in [7, 11) is -4.22. The first-order valence-electron chi connectivity index (χ1n) is 18.0. The molecule has 0 spiro atoms. The van der Waals surface area contributed by atoms with Gasteiger partial charge in [-0.3, -0.25) is 9.05 Å². The van der Waals surface area contributed by atoms with Gasteiger partial charge in [0.15, 0.2) is 12.4 Å². The summed E-state index contributed by atoms with van der Waals surface area (Å²) >= 11 is 0. The van der Waals surface area contributed by atoms with Gasteiger partial charge in [-0.15, -0.1) is 0 Å². The Morgan fingerprint density at radius 3 is 1.40 bits per heavy atom. The summed E-state index contributed by atoms with van der Waals surface area (Å²) in [5.41, 5.74) is 3.33. The van der Waals surface area contributed by atoms with E-state index < -0.39 is 53.5 Å². The number of hydrogen-bond donors (Lipinski definition) is 0. The summed E-state index contributed by atoms with van der Waals surface area (Å²) in [5.74, 6) is 0.569. The van der Waals surface area contributed by atoms with Gasteiger partial charge in [0, 0.05) is 27.1 Å². The molecule has 0 radical (unpaired) electrons. The van der Waals surface area contributed by atoms with Crippen LogP contribution in [0.2, 0.25) is 0 Å². The van der Waals surface area contributed by atoms with Gasteiger partial charge < -0.3 is 35.7 Å². The third kappa shape index (κ3) is 6.95. The van der Waals surface area contributed by atoms with Crippen LogP contribution in [-0.4, -0.2) is 37.3 Å². The zero-order valence-electron chi connectivity index (χ0n) is 29.2. The normalized spacial score (nSPS) is 22.4. The Kier molecular flexibility index (Phi) is 9.40. The minimum Gasteiger partial charge on any atom is -0.462 e. The fourth-order valence-electron chi connectivity index (χ4n) is 7.00. The molecule has 8 aromatic rings. The molecule has 10 nitrogen and oxygen atoms in total. The van der Waals surface area contributed by atoms with Crippen molar-refractivity contribution in [2.24, 2.45) is 0 Å². The maximum atomic E-state index is 7.03. The number of ether oxygens (including phenoxy) is 4. The van der Waals surface area contributed by atoms with Crippen molar-refractivity contribution < 1.29 is 44.8 Å². The molecule has 12 heteroatoms. The number of fused-ring (bicyclic) bond motifs is 7. The van der Waals surface area contributed by atoms with Gasteiger partial charge in [0.1, 0.15) is 46.4 Å². The third-order valence-corrected chi connectivity index (χ3v) is 11.8. The van der Waals surface area contributed by atoms with Gasteiger partial charge in [-0.2, -0.15) is 0 Å². The summed E-state index contributed by atoms with van der Waals surface area (Å²) in [6.07, 6.45) is -4.99. The maximum absolute atomic E-state index is 7.03. The number of para-hydroxylation sites is 5. The zero-order chi connectivity index (χ0) is 36.6. The van der Waals surface area contributed by atoms with Crippen LogP contribution >= 0.6 is 16.5 Å². The van der Waals surface area contributed by atoms with E-state index in [1.54, 1.807) is 0 Å². The van der Waals surface area contributed by atoms with E-state index in [2.05, 4.69) is 0 Å². The molecule has 0 bridgehead atoms. The Morgan fingerprint density at radius 2 is 0.891 bits per heavy atom. The molecule has 0 saturated carbocycles. The molecular formula is C43H34O10P2. The summed E-state index contributed by atoms with van der Waals surface area (Å²) in [4.78, 5) is 0. The van der Waals surface area contributed by atoms with Crippen molar-refractivity contribution in [1.29, 1.82) is 0 Å². The summed E-state index contributed by atoms with van der Waals surface area (Å²) < 4.78 is 66.6. The fraction of sp³-hybridized carbons (Fsp3) is 0.163. The molecule has 0 aliphatic carbocycles. The Balaban J connectivity index is 1.14. The summed E-state index contributed by atoms with van der Waals surface area (Å²) in [5, 5.41) is 3.55. The molecule has 4 heterocycles. The van der Waals surface area contributed by atoms with Crippen molar-refractivity contribution in [2.45, 2.75) is 37.0 Å². The van der Waals surface area contributed by atoms with E-state index in [1.807, 2.05) is 158 Å². The molecule has 2 aromatic heterocycles. The molecule has 0 amide bonds. The Labute approximate surface area is 316 Å². The number of rotatable bonds is 7. The monoisotopic (exact) mass is 772 g/mol. The first-order chi connectivity index (χ1) is 27.2. The molecule has 2 fully saturated rings. The van der Waals surface area contributed by atoms with Crippen LogP contribution in [0, 0.1) is 0 Å². The SMILES string of the molecule is c1ccc(O[C@@H]2O[C@@H]3COC(c4ccccc4)O[C@H]3[C@H](Op3oc4ccccc4c4ccccc4o3)[C@H]2Op2oc3ccccc3c3ccccc3o2)cc1. The van der Waals surface area contributed by atoms with Gasteiger partial charge in [0.05, 0.1) is 6.61 Å². The van der Waals surface area contributed by atoms with E-state index >= 15 is 0 Å². The fourth-order valence-corrected chi connectivity index (χ4v) is 9.39. The second-order valence-electron chi connectivity index (χ2n) is 13.1. The van der Waals surface area contributed by atoms with Crippen LogP contribution in [0.4, 0.5) is 0 Å². The predicted molar refractivity (Wildman–Crippen MR) is 209 cm³/mol. The lowest BCUT2D eigenvalue weighted by molar-refractivity contribution is -0.338. The third-order valence-electron chi connectivity index (χ3n) is 9.59. The molecule has 6 atom stereocenters. The first kappa shape index (κ1) is 34.2. The van der Waals surface area contributed by atoms with Crippen molar-refractivity contribution in [3.8, 4) is 5.75 Å². The second kappa shape index (κ2) is 15.1. The zero-order valence-corrected chi connectivity index (χ0v) is 30.9. The lowest BCUT2D eigenvalue weighted by Gasteiger charge is -2.47. The molecule has 1 unspecified atom stereocenters. The van der Waals surface area contributed by atoms with Crippen LogP contribution in [0.3, 0.4) is 0 Å². The van der Waals surface area contributed by atoms with Crippen molar-refractivity contribution in [3.63, 3.8) is 0 Å². The average Bonchev–Trinajstić information content (AvgIpc) is 3.50. The van der Waals surface area contributed by atoms with Gasteiger partial charge in [-0.25, -0.2) is 0 Å². The molecule has 0 N–H and O–H groups in total. The van der Waals surface area contributed by atoms with Crippen LogP contribution in [0.25, 0.3) is 43.9 Å². The first-order valence-corrected chi connectivity index (χ1v) is 20.1. The summed E-state index contributed by atoms with van der Waals surface area (Å²) in [6, 6.07) is 50.3. The van der Waals surface area contributed by atoms with E-state index in [1.165, 1.54) is 0 Å². The van der Waals surface area contributed by atoms with Crippen LogP contribution in [-0.2, 0) is 14.2 Å². The lowest BCUT2D eigenvalue weighted by Crippen LogP contribution is -2.66. The molecule has 2 aliphatic heterocycles. The quantitative estimate of drug-likeness (QED) is 0.155. The van der Waals surface area contributed by atoms with Crippen LogP contribution in [0.5, 0.6) is 5.75 Å².